The van der Waals surface area contributed by atoms with Crippen LogP contribution >= 0.6 is 0 Å². The molecule has 16 heteroatoms. The maximum Gasteiger partial charge on any atom is 0.337 e. The highest BCUT2D eigenvalue weighted by atomic mass is 16.8. The van der Waals surface area contributed by atoms with E-state index in [9.17, 15) is 55.5 Å². The predicted octanol–water partition coefficient (Wildman–Crippen LogP) is -0.638. The largest absolute Gasteiger partial charge is 0.504 e. The Bertz CT molecular complexity index is 1490. The number of hydrogen-bond donors (Lipinski definition) is 9. The summed E-state index contributed by atoms with van der Waals surface area (Å²) in [6.45, 7) is -1.66. The van der Waals surface area contributed by atoms with Crippen LogP contribution in [-0.2, 0) is 46.1 Å². The van der Waals surface area contributed by atoms with Gasteiger partial charge in [0, 0.05) is 24.3 Å². The standard InChI is InChI=1S/C32H38O16/c33-8-5-18-19(13-26(39)44-9-6-16-1-3-21(35)23(37)11-16)20(30(43)45-10-7-17-2-4-22(36)24(38)12-17)15-46-31(18)48-32-29(42)28(41)27(40)25(14-34)47-32/h1-5,11-12,15,19,25,27-29,31-38,40-42H,6-10,13-14H2/b18-5+/t19-,25-,27+,28-,29-,31-,32-/m0/s1. The van der Waals surface area contributed by atoms with Gasteiger partial charge in [-0.2, -0.15) is 0 Å². The van der Waals surface area contributed by atoms with Gasteiger partial charge < -0.3 is 69.6 Å². The Morgan fingerprint density at radius 1 is 0.792 bits per heavy atom. The minimum atomic E-state index is -1.81. The molecule has 0 aliphatic carbocycles. The van der Waals surface area contributed by atoms with E-state index in [4.69, 9.17) is 23.7 Å². The van der Waals surface area contributed by atoms with Crippen molar-refractivity contribution in [3.8, 4) is 23.0 Å². The average molecular weight is 679 g/mol. The van der Waals surface area contributed by atoms with Crippen LogP contribution in [0.3, 0.4) is 0 Å². The molecule has 0 aromatic heterocycles. The summed E-state index contributed by atoms with van der Waals surface area (Å²) in [6, 6.07) is 8.21. The van der Waals surface area contributed by atoms with Gasteiger partial charge in [0.2, 0.25) is 6.29 Å². The first kappa shape index (κ1) is 36.4. The zero-order valence-corrected chi connectivity index (χ0v) is 25.5. The summed E-state index contributed by atoms with van der Waals surface area (Å²) in [5, 5.41) is 88.6. The molecule has 48 heavy (non-hydrogen) atoms. The highest BCUT2D eigenvalue weighted by Gasteiger charge is 2.47. The number of esters is 2. The summed E-state index contributed by atoms with van der Waals surface area (Å²) in [7, 11) is 0. The second-order valence-electron chi connectivity index (χ2n) is 11.0. The molecule has 0 bridgehead atoms. The first-order valence-electron chi connectivity index (χ1n) is 14.9. The van der Waals surface area contributed by atoms with E-state index in [1.807, 2.05) is 0 Å². The van der Waals surface area contributed by atoms with Crippen LogP contribution in [0.15, 0.2) is 59.9 Å². The van der Waals surface area contributed by atoms with Gasteiger partial charge in [-0.3, -0.25) is 4.79 Å². The topological polar surface area (TPSA) is 262 Å². The molecule has 2 aliphatic rings. The zero-order valence-electron chi connectivity index (χ0n) is 25.5. The van der Waals surface area contributed by atoms with E-state index in [1.165, 1.54) is 42.5 Å². The van der Waals surface area contributed by atoms with Crippen LogP contribution in [0.1, 0.15) is 17.5 Å². The average Bonchev–Trinajstić information content (AvgIpc) is 3.06. The van der Waals surface area contributed by atoms with Crippen LogP contribution in [0, 0.1) is 5.92 Å². The number of carbonyl (C=O) groups is 2. The normalized spacial score (nSPS) is 26.4. The Hall–Kier alpha value is -4.42. The number of phenols is 4. The number of phenolic OH excluding ortho intramolecular Hbond substituents is 4. The lowest BCUT2D eigenvalue weighted by atomic mass is 9.86. The first-order valence-corrected chi connectivity index (χ1v) is 14.9. The van der Waals surface area contributed by atoms with Gasteiger partial charge in [-0.15, -0.1) is 0 Å². The third-order valence-electron chi connectivity index (χ3n) is 7.77. The van der Waals surface area contributed by atoms with Gasteiger partial charge in [-0.1, -0.05) is 18.2 Å². The summed E-state index contributed by atoms with van der Waals surface area (Å²) in [6.07, 6.45) is -7.71. The molecule has 0 saturated carbocycles. The van der Waals surface area contributed by atoms with Gasteiger partial charge in [0.1, 0.15) is 24.4 Å². The molecular formula is C32H38O16. The van der Waals surface area contributed by atoms with E-state index < -0.39 is 74.5 Å². The van der Waals surface area contributed by atoms with Crippen molar-refractivity contribution in [3.63, 3.8) is 0 Å². The fourth-order valence-corrected chi connectivity index (χ4v) is 5.12. The minimum absolute atomic E-state index is 0.0211. The fraction of sp³-hybridized carbons (Fsp3) is 0.438. The second-order valence-corrected chi connectivity index (χ2v) is 11.0. The van der Waals surface area contributed by atoms with Crippen molar-refractivity contribution in [2.75, 3.05) is 26.4 Å². The summed E-state index contributed by atoms with van der Waals surface area (Å²) in [5.41, 5.74) is 0.956. The lowest BCUT2D eigenvalue weighted by Crippen LogP contribution is -2.60. The van der Waals surface area contributed by atoms with Crippen molar-refractivity contribution in [3.05, 3.63) is 71.0 Å². The Kier molecular flexibility index (Phi) is 12.6. The lowest BCUT2D eigenvalue weighted by molar-refractivity contribution is -0.327. The van der Waals surface area contributed by atoms with E-state index in [0.29, 0.717) is 11.1 Å². The van der Waals surface area contributed by atoms with Crippen molar-refractivity contribution in [1.29, 1.82) is 0 Å². The van der Waals surface area contributed by atoms with Crippen molar-refractivity contribution in [2.24, 2.45) is 5.92 Å². The van der Waals surface area contributed by atoms with Crippen molar-refractivity contribution in [1.82, 2.24) is 0 Å². The molecule has 0 unspecified atom stereocenters. The fourth-order valence-electron chi connectivity index (χ4n) is 5.12. The van der Waals surface area contributed by atoms with Crippen molar-refractivity contribution < 1.29 is 79.2 Å². The number of carbonyl (C=O) groups excluding carboxylic acids is 2. The highest BCUT2D eigenvalue weighted by Crippen LogP contribution is 2.36. The van der Waals surface area contributed by atoms with E-state index in [0.717, 1.165) is 6.26 Å². The third kappa shape index (κ3) is 8.93. The number of aliphatic hydroxyl groups excluding tert-OH is 5. The molecule has 0 spiro atoms. The summed E-state index contributed by atoms with van der Waals surface area (Å²) < 4.78 is 27.5. The zero-order chi connectivity index (χ0) is 35.0. The molecule has 7 atom stereocenters. The smallest absolute Gasteiger partial charge is 0.337 e. The van der Waals surface area contributed by atoms with Gasteiger partial charge >= 0.3 is 11.9 Å². The van der Waals surface area contributed by atoms with E-state index in [-0.39, 0.29) is 60.2 Å². The van der Waals surface area contributed by atoms with Gasteiger partial charge in [0.05, 0.1) is 44.7 Å². The Balaban J connectivity index is 1.51. The van der Waals surface area contributed by atoms with Crippen molar-refractivity contribution in [2.45, 2.75) is 56.3 Å². The van der Waals surface area contributed by atoms with Crippen LogP contribution in [-0.4, -0.2) is 121 Å². The van der Waals surface area contributed by atoms with E-state index in [2.05, 4.69) is 0 Å². The molecule has 9 N–H and O–H groups in total. The predicted molar refractivity (Wildman–Crippen MR) is 160 cm³/mol. The first-order chi connectivity index (χ1) is 22.9. The van der Waals surface area contributed by atoms with Gasteiger partial charge in [0.25, 0.3) is 0 Å². The third-order valence-corrected chi connectivity index (χ3v) is 7.77. The summed E-state index contributed by atoms with van der Waals surface area (Å²) in [5.74, 6) is -4.21. The summed E-state index contributed by atoms with van der Waals surface area (Å²) >= 11 is 0. The Labute approximate surface area is 273 Å². The number of aromatic hydroxyl groups is 4. The number of benzene rings is 2. The van der Waals surface area contributed by atoms with E-state index >= 15 is 0 Å². The number of aliphatic hydroxyl groups is 5. The molecule has 2 heterocycles. The summed E-state index contributed by atoms with van der Waals surface area (Å²) in [4.78, 5) is 26.3. The maximum atomic E-state index is 13.3. The second kappa shape index (κ2) is 16.6. The maximum absolute atomic E-state index is 13.3. The van der Waals surface area contributed by atoms with Crippen LogP contribution in [0.4, 0.5) is 0 Å². The Morgan fingerprint density at radius 2 is 1.40 bits per heavy atom. The molecule has 2 aromatic rings. The van der Waals surface area contributed by atoms with Crippen LogP contribution in [0.25, 0.3) is 0 Å². The van der Waals surface area contributed by atoms with Gasteiger partial charge in [-0.05, 0) is 35.4 Å². The number of ether oxygens (including phenoxy) is 5. The molecule has 1 fully saturated rings. The molecule has 0 amide bonds. The molecule has 16 nitrogen and oxygen atoms in total. The molecule has 262 valence electrons. The van der Waals surface area contributed by atoms with E-state index in [1.54, 1.807) is 0 Å². The van der Waals surface area contributed by atoms with Crippen molar-refractivity contribution >= 4 is 11.9 Å². The van der Waals surface area contributed by atoms with Crippen LogP contribution < -0.4 is 0 Å². The minimum Gasteiger partial charge on any atom is -0.504 e. The molecule has 2 aliphatic heterocycles. The molecule has 1 saturated heterocycles. The van der Waals surface area contributed by atoms with Gasteiger partial charge in [-0.25, -0.2) is 4.79 Å². The van der Waals surface area contributed by atoms with Gasteiger partial charge in [0.15, 0.2) is 29.3 Å². The number of hydrogen-bond acceptors (Lipinski definition) is 16. The SMILES string of the molecule is O=C(C[C@@H]1C(C(=O)OCCc2ccc(O)c(O)c2)=CO[C@@H](O[C@@H]2O[C@@H](CO)[C@@H](O)[C@H](O)[C@@H]2O)/C1=C/CO)OCCc1ccc(O)c(O)c1. The monoisotopic (exact) mass is 678 g/mol. The molecule has 2 aromatic carbocycles. The molecular weight excluding hydrogens is 640 g/mol. The molecule has 4 rings (SSSR count). The lowest BCUT2D eigenvalue weighted by Gasteiger charge is -2.42. The van der Waals surface area contributed by atoms with Crippen LogP contribution in [0.2, 0.25) is 0 Å². The quantitative estimate of drug-likeness (QED) is 0.0725. The van der Waals surface area contributed by atoms with Crippen LogP contribution in [0.5, 0.6) is 23.0 Å². The number of rotatable bonds is 13. The molecule has 0 radical (unpaired) electrons. The Morgan fingerprint density at radius 3 is 1.96 bits per heavy atom. The highest BCUT2D eigenvalue weighted by molar-refractivity contribution is 5.91.